The van der Waals surface area contributed by atoms with Crippen molar-refractivity contribution in [2.45, 2.75) is 26.4 Å². The van der Waals surface area contributed by atoms with Crippen LogP contribution in [0.2, 0.25) is 0 Å². The number of carboxylic acids is 2. The van der Waals surface area contributed by atoms with Crippen LogP contribution in [0.15, 0.2) is 0 Å². The van der Waals surface area contributed by atoms with Crippen molar-refractivity contribution in [2.75, 3.05) is 7.11 Å². The molecule has 0 radical (unpaired) electrons. The monoisotopic (exact) mass is 204 g/mol. The maximum atomic E-state index is 10.9. The zero-order valence-corrected chi connectivity index (χ0v) is 8.77. The molecule has 0 aromatic rings. The molecule has 0 aliphatic heterocycles. The van der Waals surface area contributed by atoms with Gasteiger partial charge in [0.05, 0.1) is 5.92 Å². The highest BCUT2D eigenvalue weighted by Gasteiger charge is 2.43. The second kappa shape index (κ2) is 4.41. The van der Waals surface area contributed by atoms with Gasteiger partial charge in [0.1, 0.15) is 0 Å². The average molecular weight is 204 g/mol. The zero-order valence-electron chi connectivity index (χ0n) is 8.77. The Bertz CT molecular complexity index is 237. The fourth-order valence-corrected chi connectivity index (χ4v) is 1.16. The largest absolute Gasteiger partial charge is 0.481 e. The molecule has 0 heterocycles. The molecule has 0 aromatic carbocycles. The van der Waals surface area contributed by atoms with Gasteiger partial charge in [-0.3, -0.25) is 4.79 Å². The molecule has 3 unspecified atom stereocenters. The highest BCUT2D eigenvalue weighted by molar-refractivity contribution is 5.79. The zero-order chi connectivity index (χ0) is 11.5. The summed E-state index contributed by atoms with van der Waals surface area (Å²) in [7, 11) is 1.26. The summed E-state index contributed by atoms with van der Waals surface area (Å²) in [6.45, 7) is 4.39. The van der Waals surface area contributed by atoms with Crippen LogP contribution in [-0.2, 0) is 14.3 Å². The van der Waals surface area contributed by atoms with E-state index in [0.717, 1.165) is 0 Å². The summed E-state index contributed by atoms with van der Waals surface area (Å²) < 4.78 is 4.87. The molecule has 5 heteroatoms. The van der Waals surface area contributed by atoms with Crippen LogP contribution in [0.3, 0.4) is 0 Å². The van der Waals surface area contributed by atoms with Crippen LogP contribution < -0.4 is 0 Å². The molecule has 0 fully saturated rings. The number of ether oxygens (including phenoxy) is 1. The van der Waals surface area contributed by atoms with E-state index in [1.807, 2.05) is 0 Å². The number of rotatable bonds is 5. The Labute approximate surface area is 82.7 Å². The third-order valence-corrected chi connectivity index (χ3v) is 2.86. The van der Waals surface area contributed by atoms with Gasteiger partial charge in [0.25, 0.3) is 0 Å². The molecular weight excluding hydrogens is 188 g/mol. The predicted molar refractivity (Wildman–Crippen MR) is 49.0 cm³/mol. The van der Waals surface area contributed by atoms with E-state index in [1.54, 1.807) is 6.92 Å². The van der Waals surface area contributed by atoms with Gasteiger partial charge >= 0.3 is 11.9 Å². The van der Waals surface area contributed by atoms with Gasteiger partial charge in [-0.2, -0.15) is 0 Å². The molecule has 5 nitrogen and oxygen atoms in total. The summed E-state index contributed by atoms with van der Waals surface area (Å²) in [6.07, 6.45) is 0. The summed E-state index contributed by atoms with van der Waals surface area (Å²) in [5, 5.41) is 17.7. The molecule has 0 saturated heterocycles. The number of hydrogen-bond acceptors (Lipinski definition) is 3. The van der Waals surface area contributed by atoms with Gasteiger partial charge in [-0.05, 0) is 6.92 Å². The van der Waals surface area contributed by atoms with Gasteiger partial charge in [-0.1, -0.05) is 13.8 Å². The first kappa shape index (κ1) is 12.9. The molecule has 0 saturated carbocycles. The van der Waals surface area contributed by atoms with Gasteiger partial charge < -0.3 is 14.9 Å². The standard InChI is InChI=1S/C9H16O5/c1-5(7(10)11)6(2)9(3,14-4)8(12)13/h5-6H,1-4H3,(H,10,11)(H,12,13). The fourth-order valence-electron chi connectivity index (χ4n) is 1.16. The van der Waals surface area contributed by atoms with E-state index in [1.165, 1.54) is 21.0 Å². The van der Waals surface area contributed by atoms with Crippen LogP contribution >= 0.6 is 0 Å². The van der Waals surface area contributed by atoms with E-state index in [0.29, 0.717) is 0 Å². The summed E-state index contributed by atoms with van der Waals surface area (Å²) in [5.74, 6) is -3.55. The SMILES string of the molecule is COC(C)(C(=O)O)C(C)C(C)C(=O)O. The van der Waals surface area contributed by atoms with Gasteiger partial charge in [0.15, 0.2) is 5.60 Å². The number of carbonyl (C=O) groups is 2. The van der Waals surface area contributed by atoms with E-state index in [2.05, 4.69) is 0 Å². The first-order valence-electron chi connectivity index (χ1n) is 4.28. The molecule has 0 amide bonds. The van der Waals surface area contributed by atoms with Crippen molar-refractivity contribution in [1.29, 1.82) is 0 Å². The van der Waals surface area contributed by atoms with Crippen molar-refractivity contribution < 1.29 is 24.5 Å². The highest BCUT2D eigenvalue weighted by atomic mass is 16.5. The van der Waals surface area contributed by atoms with Gasteiger partial charge in [-0.15, -0.1) is 0 Å². The van der Waals surface area contributed by atoms with Crippen molar-refractivity contribution >= 4 is 11.9 Å². The lowest BCUT2D eigenvalue weighted by atomic mass is 9.81. The number of methoxy groups -OCH3 is 1. The molecule has 0 aliphatic carbocycles. The van der Waals surface area contributed by atoms with Gasteiger partial charge in [-0.25, -0.2) is 4.79 Å². The number of hydrogen-bond donors (Lipinski definition) is 2. The smallest absolute Gasteiger partial charge is 0.335 e. The fraction of sp³-hybridized carbons (Fsp3) is 0.778. The van der Waals surface area contributed by atoms with Crippen LogP contribution in [0.4, 0.5) is 0 Å². The average Bonchev–Trinajstić information content (AvgIpc) is 2.13. The number of carboxylic acid groups (broad SMARTS) is 2. The third kappa shape index (κ3) is 2.23. The normalized spacial score (nSPS) is 19.4. The molecule has 0 aromatic heterocycles. The molecule has 82 valence electrons. The lowest BCUT2D eigenvalue weighted by molar-refractivity contribution is -0.171. The lowest BCUT2D eigenvalue weighted by Gasteiger charge is -2.32. The second-order valence-electron chi connectivity index (χ2n) is 3.53. The highest BCUT2D eigenvalue weighted by Crippen LogP contribution is 2.28. The van der Waals surface area contributed by atoms with Gasteiger partial charge in [0, 0.05) is 13.0 Å². The van der Waals surface area contributed by atoms with E-state index in [-0.39, 0.29) is 0 Å². The van der Waals surface area contributed by atoms with Crippen LogP contribution in [-0.4, -0.2) is 34.9 Å². The Kier molecular flexibility index (Phi) is 4.07. The minimum Gasteiger partial charge on any atom is -0.481 e. The molecule has 0 aliphatic rings. The molecule has 2 N–H and O–H groups in total. The first-order chi connectivity index (χ1) is 6.27. The Morgan fingerprint density at radius 3 is 1.93 bits per heavy atom. The maximum Gasteiger partial charge on any atom is 0.335 e. The third-order valence-electron chi connectivity index (χ3n) is 2.86. The van der Waals surface area contributed by atoms with E-state index in [9.17, 15) is 9.59 Å². The topological polar surface area (TPSA) is 83.8 Å². The second-order valence-corrected chi connectivity index (χ2v) is 3.53. The van der Waals surface area contributed by atoms with Crippen molar-refractivity contribution in [3.8, 4) is 0 Å². The molecule has 14 heavy (non-hydrogen) atoms. The van der Waals surface area contributed by atoms with Crippen LogP contribution in [0, 0.1) is 11.8 Å². The van der Waals surface area contributed by atoms with E-state index >= 15 is 0 Å². The summed E-state index contributed by atoms with van der Waals surface area (Å²) >= 11 is 0. The number of aliphatic carboxylic acids is 2. The van der Waals surface area contributed by atoms with Crippen LogP contribution in [0.5, 0.6) is 0 Å². The first-order valence-corrected chi connectivity index (χ1v) is 4.28. The maximum absolute atomic E-state index is 10.9. The Morgan fingerprint density at radius 2 is 1.71 bits per heavy atom. The van der Waals surface area contributed by atoms with Crippen LogP contribution in [0.1, 0.15) is 20.8 Å². The minimum absolute atomic E-state index is 0.609. The Balaban J connectivity index is 4.87. The summed E-state index contributed by atoms with van der Waals surface area (Å²) in [5.41, 5.74) is -1.46. The van der Waals surface area contributed by atoms with Crippen molar-refractivity contribution in [1.82, 2.24) is 0 Å². The molecule has 3 atom stereocenters. The molecule has 0 rings (SSSR count). The Hall–Kier alpha value is -1.10. The van der Waals surface area contributed by atoms with E-state index in [4.69, 9.17) is 14.9 Å². The van der Waals surface area contributed by atoms with Crippen molar-refractivity contribution in [3.63, 3.8) is 0 Å². The van der Waals surface area contributed by atoms with Crippen LogP contribution in [0.25, 0.3) is 0 Å². The quantitative estimate of drug-likeness (QED) is 0.693. The molecular formula is C9H16O5. The lowest BCUT2D eigenvalue weighted by Crippen LogP contribution is -2.47. The van der Waals surface area contributed by atoms with E-state index < -0.39 is 29.4 Å². The molecule has 0 bridgehead atoms. The minimum atomic E-state index is -1.46. The van der Waals surface area contributed by atoms with Gasteiger partial charge in [0.2, 0.25) is 0 Å². The van der Waals surface area contributed by atoms with Crippen molar-refractivity contribution in [3.05, 3.63) is 0 Å². The Morgan fingerprint density at radius 1 is 1.29 bits per heavy atom. The molecule has 0 spiro atoms. The predicted octanol–water partition coefficient (Wildman–Crippen LogP) is 0.833. The summed E-state index contributed by atoms with van der Waals surface area (Å²) in [4.78, 5) is 21.6. The van der Waals surface area contributed by atoms with Crippen molar-refractivity contribution in [2.24, 2.45) is 11.8 Å². The summed E-state index contributed by atoms with van der Waals surface area (Å²) in [6, 6.07) is 0.